The van der Waals surface area contributed by atoms with E-state index in [0.717, 1.165) is 12.8 Å². The molecule has 0 aromatic rings. The molecule has 1 N–H and O–H groups in total. The van der Waals surface area contributed by atoms with Gasteiger partial charge in [0.1, 0.15) is 0 Å². The van der Waals surface area contributed by atoms with Crippen LogP contribution in [0.2, 0.25) is 0 Å². The molecule has 0 rings (SSSR count). The second kappa shape index (κ2) is 9.60. The number of nitrogens with zero attached hydrogens (tertiary/aromatic N) is 1. The van der Waals surface area contributed by atoms with Crippen LogP contribution < -0.4 is 0 Å². The molecule has 0 aliphatic carbocycles. The predicted molar refractivity (Wildman–Crippen MR) is 64.3 cm³/mol. The smallest absolute Gasteiger partial charge is 0.222 e. The molecule has 0 aromatic carbocycles. The monoisotopic (exact) mass is 231 g/mol. The zero-order valence-corrected chi connectivity index (χ0v) is 10.7. The summed E-state index contributed by atoms with van der Waals surface area (Å²) in [7, 11) is 3.26. The van der Waals surface area contributed by atoms with E-state index in [9.17, 15) is 9.90 Å². The van der Waals surface area contributed by atoms with Crippen molar-refractivity contribution in [1.29, 1.82) is 0 Å². The first-order valence-electron chi connectivity index (χ1n) is 6.02. The van der Waals surface area contributed by atoms with Crippen molar-refractivity contribution >= 4 is 5.91 Å². The molecular formula is C12H25NO3. The topological polar surface area (TPSA) is 49.8 Å². The SMILES string of the molecule is CCCCCCC(=O)N(C)CC(O)COC. The van der Waals surface area contributed by atoms with E-state index in [0.29, 0.717) is 13.0 Å². The van der Waals surface area contributed by atoms with Crippen LogP contribution in [0.5, 0.6) is 0 Å². The van der Waals surface area contributed by atoms with Gasteiger partial charge < -0.3 is 14.7 Å². The Morgan fingerprint density at radius 1 is 1.38 bits per heavy atom. The van der Waals surface area contributed by atoms with Gasteiger partial charge in [0.25, 0.3) is 0 Å². The highest BCUT2D eigenvalue weighted by Crippen LogP contribution is 2.04. The standard InChI is InChI=1S/C12H25NO3/c1-4-5-6-7-8-12(15)13(2)9-11(14)10-16-3/h11,14H,4-10H2,1-3H3. The molecule has 0 bridgehead atoms. The molecule has 0 heterocycles. The molecule has 4 nitrogen and oxygen atoms in total. The first-order valence-corrected chi connectivity index (χ1v) is 6.02. The molecule has 96 valence electrons. The van der Waals surface area contributed by atoms with Crippen molar-refractivity contribution in [2.24, 2.45) is 0 Å². The van der Waals surface area contributed by atoms with Crippen LogP contribution >= 0.6 is 0 Å². The number of carbonyl (C=O) groups is 1. The number of methoxy groups -OCH3 is 1. The van der Waals surface area contributed by atoms with Gasteiger partial charge in [-0.3, -0.25) is 4.79 Å². The third-order valence-corrected chi connectivity index (χ3v) is 2.51. The Kier molecular flexibility index (Phi) is 9.24. The molecule has 0 fully saturated rings. The Hall–Kier alpha value is -0.610. The van der Waals surface area contributed by atoms with Gasteiger partial charge in [-0.05, 0) is 6.42 Å². The molecule has 4 heteroatoms. The van der Waals surface area contributed by atoms with Crippen molar-refractivity contribution < 1.29 is 14.6 Å². The number of aliphatic hydroxyl groups is 1. The van der Waals surface area contributed by atoms with Crippen molar-refractivity contribution in [2.75, 3.05) is 27.3 Å². The molecule has 0 saturated heterocycles. The maximum Gasteiger partial charge on any atom is 0.222 e. The van der Waals surface area contributed by atoms with Gasteiger partial charge in [0.2, 0.25) is 5.91 Å². The minimum Gasteiger partial charge on any atom is -0.389 e. The molecule has 0 radical (unpaired) electrons. The maximum absolute atomic E-state index is 11.6. The summed E-state index contributed by atoms with van der Waals surface area (Å²) in [5, 5.41) is 9.46. The van der Waals surface area contributed by atoms with Gasteiger partial charge in [-0.15, -0.1) is 0 Å². The van der Waals surface area contributed by atoms with E-state index in [4.69, 9.17) is 4.74 Å². The van der Waals surface area contributed by atoms with Crippen LogP contribution in [0.25, 0.3) is 0 Å². The van der Waals surface area contributed by atoms with Gasteiger partial charge in [0.05, 0.1) is 12.7 Å². The highest BCUT2D eigenvalue weighted by Gasteiger charge is 2.12. The first kappa shape index (κ1) is 15.4. The summed E-state index contributed by atoms with van der Waals surface area (Å²) in [5.41, 5.74) is 0. The van der Waals surface area contributed by atoms with E-state index in [1.165, 1.54) is 20.0 Å². The van der Waals surface area contributed by atoms with E-state index in [2.05, 4.69) is 6.92 Å². The van der Waals surface area contributed by atoms with E-state index >= 15 is 0 Å². The molecule has 0 aliphatic heterocycles. The minimum atomic E-state index is -0.588. The van der Waals surface area contributed by atoms with E-state index in [1.54, 1.807) is 11.9 Å². The second-order valence-corrected chi connectivity index (χ2v) is 4.19. The molecule has 1 atom stereocenters. The zero-order valence-electron chi connectivity index (χ0n) is 10.7. The molecule has 0 spiro atoms. The Morgan fingerprint density at radius 3 is 2.62 bits per heavy atom. The Labute approximate surface area is 98.6 Å². The number of likely N-dealkylation sites (N-methyl/N-ethyl adjacent to an activating group) is 1. The molecule has 16 heavy (non-hydrogen) atoms. The fourth-order valence-corrected chi connectivity index (χ4v) is 1.56. The fraction of sp³-hybridized carbons (Fsp3) is 0.917. The van der Waals surface area contributed by atoms with Gasteiger partial charge >= 0.3 is 0 Å². The number of carbonyl (C=O) groups excluding carboxylic acids is 1. The second-order valence-electron chi connectivity index (χ2n) is 4.19. The lowest BCUT2D eigenvalue weighted by molar-refractivity contribution is -0.131. The summed E-state index contributed by atoms with van der Waals surface area (Å²) in [4.78, 5) is 13.2. The largest absolute Gasteiger partial charge is 0.389 e. The Bertz CT molecular complexity index is 185. The number of hydrogen-bond donors (Lipinski definition) is 1. The highest BCUT2D eigenvalue weighted by molar-refractivity contribution is 5.75. The zero-order chi connectivity index (χ0) is 12.4. The number of unbranched alkanes of at least 4 members (excludes halogenated alkanes) is 3. The number of hydrogen-bond acceptors (Lipinski definition) is 3. The van der Waals surface area contributed by atoms with Crippen LogP contribution in [0.15, 0.2) is 0 Å². The number of ether oxygens (including phenoxy) is 1. The number of amides is 1. The fourth-order valence-electron chi connectivity index (χ4n) is 1.56. The van der Waals surface area contributed by atoms with Gasteiger partial charge in [0.15, 0.2) is 0 Å². The third kappa shape index (κ3) is 7.65. The molecular weight excluding hydrogens is 206 g/mol. The third-order valence-electron chi connectivity index (χ3n) is 2.51. The van der Waals surface area contributed by atoms with Crippen LogP contribution in [-0.2, 0) is 9.53 Å². The summed E-state index contributed by atoms with van der Waals surface area (Å²) in [6.07, 6.45) is 4.40. The van der Waals surface area contributed by atoms with Crippen molar-refractivity contribution in [3.8, 4) is 0 Å². The molecule has 1 amide bonds. The van der Waals surface area contributed by atoms with Crippen LogP contribution in [0.4, 0.5) is 0 Å². The maximum atomic E-state index is 11.6. The minimum absolute atomic E-state index is 0.103. The summed E-state index contributed by atoms with van der Waals surface area (Å²) in [6.45, 7) is 2.77. The predicted octanol–water partition coefficient (Wildman–Crippen LogP) is 1.42. The van der Waals surface area contributed by atoms with Crippen molar-refractivity contribution in [2.45, 2.75) is 45.1 Å². The quantitative estimate of drug-likeness (QED) is 0.611. The van der Waals surface area contributed by atoms with Crippen LogP contribution in [0.3, 0.4) is 0 Å². The Balaban J connectivity index is 3.64. The Morgan fingerprint density at radius 2 is 2.06 bits per heavy atom. The average Bonchev–Trinajstić information content (AvgIpc) is 2.24. The van der Waals surface area contributed by atoms with E-state index in [1.807, 2.05) is 0 Å². The van der Waals surface area contributed by atoms with Crippen molar-refractivity contribution in [3.05, 3.63) is 0 Å². The van der Waals surface area contributed by atoms with Gasteiger partial charge in [-0.25, -0.2) is 0 Å². The molecule has 0 aliphatic rings. The lowest BCUT2D eigenvalue weighted by Gasteiger charge is -2.20. The van der Waals surface area contributed by atoms with Crippen molar-refractivity contribution in [1.82, 2.24) is 4.90 Å². The molecule has 1 unspecified atom stereocenters. The first-order chi connectivity index (χ1) is 7.61. The van der Waals surface area contributed by atoms with E-state index < -0.39 is 6.10 Å². The normalized spacial score (nSPS) is 12.5. The van der Waals surface area contributed by atoms with Crippen LogP contribution in [-0.4, -0.2) is 49.3 Å². The molecule has 0 aromatic heterocycles. The number of aliphatic hydroxyl groups excluding tert-OH is 1. The summed E-state index contributed by atoms with van der Waals surface area (Å²) < 4.78 is 4.81. The molecule has 0 saturated carbocycles. The summed E-state index contributed by atoms with van der Waals surface area (Å²) in [6, 6.07) is 0. The van der Waals surface area contributed by atoms with Crippen LogP contribution in [0, 0.1) is 0 Å². The van der Waals surface area contributed by atoms with Crippen LogP contribution in [0.1, 0.15) is 39.0 Å². The lowest BCUT2D eigenvalue weighted by Crippen LogP contribution is -2.36. The number of rotatable bonds is 9. The van der Waals surface area contributed by atoms with E-state index in [-0.39, 0.29) is 12.5 Å². The van der Waals surface area contributed by atoms with Gasteiger partial charge in [0, 0.05) is 27.1 Å². The summed E-state index contributed by atoms with van der Waals surface area (Å²) in [5.74, 6) is 0.103. The van der Waals surface area contributed by atoms with Gasteiger partial charge in [-0.2, -0.15) is 0 Å². The summed E-state index contributed by atoms with van der Waals surface area (Å²) >= 11 is 0. The highest BCUT2D eigenvalue weighted by atomic mass is 16.5. The van der Waals surface area contributed by atoms with Crippen molar-refractivity contribution in [3.63, 3.8) is 0 Å². The average molecular weight is 231 g/mol. The lowest BCUT2D eigenvalue weighted by atomic mass is 10.1. The van der Waals surface area contributed by atoms with Gasteiger partial charge in [-0.1, -0.05) is 26.2 Å².